The van der Waals surface area contributed by atoms with Gasteiger partial charge in [0.15, 0.2) is 5.41 Å². The van der Waals surface area contributed by atoms with E-state index in [1.165, 1.54) is 6.07 Å². The average molecular weight is 291 g/mol. The second kappa shape index (κ2) is 4.91. The van der Waals surface area contributed by atoms with Gasteiger partial charge in [0.25, 0.3) is 5.56 Å². The number of rotatable bonds is 3. The van der Waals surface area contributed by atoms with Gasteiger partial charge in [-0.05, 0) is 19.3 Å². The Hall–Kier alpha value is -2.31. The number of allylic oxidation sites excluding steroid dienone is 2. The number of carboxylic acids is 1. The molecule has 1 amide bonds. The van der Waals surface area contributed by atoms with Gasteiger partial charge >= 0.3 is 5.97 Å². The maximum Gasteiger partial charge on any atom is 0.319 e. The summed E-state index contributed by atoms with van der Waals surface area (Å²) < 4.78 is 0. The van der Waals surface area contributed by atoms with E-state index >= 15 is 0 Å². The first-order chi connectivity index (χ1) is 10.0. The van der Waals surface area contributed by atoms with Crippen LogP contribution in [0.5, 0.6) is 0 Å². The molecule has 1 unspecified atom stereocenters. The van der Waals surface area contributed by atoms with Crippen LogP contribution in [0.25, 0.3) is 0 Å². The molecule has 0 bridgehead atoms. The van der Waals surface area contributed by atoms with Crippen molar-refractivity contribution in [3.8, 4) is 0 Å². The minimum absolute atomic E-state index is 0.0492. The Morgan fingerprint density at radius 1 is 1.29 bits per heavy atom. The van der Waals surface area contributed by atoms with Crippen molar-refractivity contribution in [2.45, 2.75) is 25.2 Å². The predicted octanol–water partition coefficient (Wildman–Crippen LogP) is 0.440. The molecule has 2 aliphatic rings. The van der Waals surface area contributed by atoms with Gasteiger partial charge in [0.05, 0.1) is 0 Å². The highest BCUT2D eigenvalue weighted by Gasteiger charge is 2.49. The molecule has 7 heteroatoms. The molecule has 1 aliphatic carbocycles. The lowest BCUT2D eigenvalue weighted by Gasteiger charge is -2.28. The molecular formula is C14H17N3O4. The van der Waals surface area contributed by atoms with Gasteiger partial charge in [0.1, 0.15) is 0 Å². The Morgan fingerprint density at radius 2 is 2.00 bits per heavy atom. The highest BCUT2D eigenvalue weighted by molar-refractivity contribution is 6.02. The fourth-order valence-corrected chi connectivity index (χ4v) is 3.16. The molecule has 2 heterocycles. The third kappa shape index (κ3) is 2.18. The molecule has 0 spiro atoms. The van der Waals surface area contributed by atoms with E-state index in [2.05, 4.69) is 10.2 Å². The van der Waals surface area contributed by atoms with Gasteiger partial charge in [-0.2, -0.15) is 0 Å². The summed E-state index contributed by atoms with van der Waals surface area (Å²) in [7, 11) is 0. The molecule has 3 N–H and O–H groups in total. The zero-order valence-electron chi connectivity index (χ0n) is 11.5. The normalized spacial score (nSPS) is 23.6. The zero-order valence-corrected chi connectivity index (χ0v) is 11.5. The minimum Gasteiger partial charge on any atom is -0.480 e. The number of carboxylic acid groups (broad SMARTS) is 1. The van der Waals surface area contributed by atoms with E-state index in [0.717, 1.165) is 12.1 Å². The van der Waals surface area contributed by atoms with Crippen LogP contribution in [0, 0.1) is 5.41 Å². The van der Waals surface area contributed by atoms with Gasteiger partial charge in [-0.15, -0.1) is 0 Å². The number of aromatic nitrogens is 2. The Labute approximate surface area is 120 Å². The number of hydrogen-bond donors (Lipinski definition) is 3. The molecule has 1 aromatic rings. The summed E-state index contributed by atoms with van der Waals surface area (Å²) in [6, 6.07) is 1.49. The zero-order chi connectivity index (χ0) is 15.0. The monoisotopic (exact) mass is 291 g/mol. The van der Waals surface area contributed by atoms with Crippen LogP contribution in [-0.2, 0) is 9.59 Å². The van der Waals surface area contributed by atoms with Crippen LogP contribution in [0.2, 0.25) is 0 Å². The second-order valence-corrected chi connectivity index (χ2v) is 5.72. The lowest BCUT2D eigenvalue weighted by atomic mass is 9.84. The van der Waals surface area contributed by atoms with E-state index in [1.807, 2.05) is 0 Å². The fourth-order valence-electron chi connectivity index (χ4n) is 3.16. The number of nitrogens with one attached hydrogen (secondary N) is 2. The van der Waals surface area contributed by atoms with Gasteiger partial charge in [-0.25, -0.2) is 0 Å². The maximum absolute atomic E-state index is 12.6. The molecule has 1 aliphatic heterocycles. The van der Waals surface area contributed by atoms with Crippen molar-refractivity contribution in [3.63, 3.8) is 0 Å². The van der Waals surface area contributed by atoms with E-state index in [0.29, 0.717) is 13.1 Å². The van der Waals surface area contributed by atoms with E-state index < -0.39 is 11.4 Å². The molecule has 0 radical (unpaired) electrons. The predicted molar refractivity (Wildman–Crippen MR) is 73.8 cm³/mol. The van der Waals surface area contributed by atoms with Crippen molar-refractivity contribution >= 4 is 11.9 Å². The van der Waals surface area contributed by atoms with Gasteiger partial charge in [0.2, 0.25) is 5.91 Å². The molecule has 3 rings (SSSR count). The fraction of sp³-hybridized carbons (Fsp3) is 0.500. The number of likely N-dealkylation sites (tertiary alicyclic amines) is 1. The van der Waals surface area contributed by atoms with E-state index in [4.69, 9.17) is 0 Å². The van der Waals surface area contributed by atoms with Crippen LogP contribution in [0.3, 0.4) is 0 Å². The molecule has 7 nitrogen and oxygen atoms in total. The van der Waals surface area contributed by atoms with Crippen LogP contribution < -0.4 is 5.56 Å². The highest BCUT2D eigenvalue weighted by Crippen LogP contribution is 2.38. The largest absolute Gasteiger partial charge is 0.480 e. The molecule has 0 aromatic carbocycles. The Kier molecular flexibility index (Phi) is 3.19. The van der Waals surface area contributed by atoms with Crippen LogP contribution >= 0.6 is 0 Å². The van der Waals surface area contributed by atoms with Crippen molar-refractivity contribution < 1.29 is 14.7 Å². The van der Waals surface area contributed by atoms with Gasteiger partial charge in [0, 0.05) is 30.8 Å². The number of amides is 1. The highest BCUT2D eigenvalue weighted by atomic mass is 16.4. The topological polar surface area (TPSA) is 106 Å². The number of H-pyrrole nitrogens is 2. The first kappa shape index (κ1) is 13.7. The quantitative estimate of drug-likeness (QED) is 0.555. The summed E-state index contributed by atoms with van der Waals surface area (Å²) in [5.41, 5.74) is -0.763. The molecule has 21 heavy (non-hydrogen) atoms. The number of hydrogen-bond acceptors (Lipinski definition) is 3. The summed E-state index contributed by atoms with van der Waals surface area (Å²) >= 11 is 0. The second-order valence-electron chi connectivity index (χ2n) is 5.72. The number of nitrogens with zero attached hydrogens (tertiary/aromatic N) is 1. The third-order valence-electron chi connectivity index (χ3n) is 4.45. The molecule has 0 saturated carbocycles. The molecule has 1 saturated heterocycles. The molecular weight excluding hydrogens is 274 g/mol. The van der Waals surface area contributed by atoms with Gasteiger partial charge < -0.3 is 15.1 Å². The summed E-state index contributed by atoms with van der Waals surface area (Å²) in [5.74, 6) is -1.33. The van der Waals surface area contributed by atoms with Gasteiger partial charge in [-0.1, -0.05) is 12.2 Å². The van der Waals surface area contributed by atoms with Gasteiger partial charge in [-0.3, -0.25) is 19.5 Å². The number of aliphatic carboxylic acids is 1. The molecule has 112 valence electrons. The summed E-state index contributed by atoms with van der Waals surface area (Å²) in [6.07, 6.45) is 4.74. The average Bonchev–Trinajstić information content (AvgIpc) is 3.18. The van der Waals surface area contributed by atoms with Crippen molar-refractivity contribution in [1.29, 1.82) is 0 Å². The van der Waals surface area contributed by atoms with Crippen molar-refractivity contribution in [1.82, 2.24) is 15.1 Å². The van der Waals surface area contributed by atoms with Crippen molar-refractivity contribution in [2.24, 2.45) is 5.41 Å². The number of carbonyl (C=O) groups is 2. The van der Waals surface area contributed by atoms with E-state index in [1.54, 1.807) is 17.1 Å². The third-order valence-corrected chi connectivity index (χ3v) is 4.45. The standard InChI is InChI=1S/C14H17N3O4/c18-11-7-10(15-16-11)9-3-6-17(8-9)12(19)14(13(20)21)4-1-2-5-14/h1-2,7,9H,3-6,8H2,(H,20,21)(H2,15,16,18). The summed E-state index contributed by atoms with van der Waals surface area (Å²) in [6.45, 7) is 0.966. The molecule has 1 aromatic heterocycles. The summed E-state index contributed by atoms with van der Waals surface area (Å²) in [5, 5.41) is 14.7. The first-order valence-electron chi connectivity index (χ1n) is 6.98. The lowest BCUT2D eigenvalue weighted by molar-refractivity contribution is -0.159. The van der Waals surface area contributed by atoms with Crippen LogP contribution in [0.15, 0.2) is 23.0 Å². The number of aromatic amines is 2. The maximum atomic E-state index is 12.6. The molecule has 1 fully saturated rings. The van der Waals surface area contributed by atoms with Crippen molar-refractivity contribution in [3.05, 3.63) is 34.3 Å². The SMILES string of the molecule is O=C(O)C1(C(=O)N2CCC(c3cc(=O)[nH][nH]3)C2)CC=CC1. The van der Waals surface area contributed by atoms with Crippen molar-refractivity contribution in [2.75, 3.05) is 13.1 Å². The molecule has 1 atom stereocenters. The summed E-state index contributed by atoms with van der Waals surface area (Å²) in [4.78, 5) is 36.9. The van der Waals surface area contributed by atoms with Crippen LogP contribution in [0.1, 0.15) is 30.9 Å². The van der Waals surface area contributed by atoms with Crippen LogP contribution in [-0.4, -0.2) is 45.2 Å². The lowest BCUT2D eigenvalue weighted by Crippen LogP contribution is -2.46. The Morgan fingerprint density at radius 3 is 2.57 bits per heavy atom. The van der Waals surface area contributed by atoms with E-state index in [-0.39, 0.29) is 30.2 Å². The van der Waals surface area contributed by atoms with Crippen LogP contribution in [0.4, 0.5) is 0 Å². The smallest absolute Gasteiger partial charge is 0.319 e. The Balaban J connectivity index is 1.75. The van der Waals surface area contributed by atoms with E-state index in [9.17, 15) is 19.5 Å². The Bertz CT molecular complexity index is 649. The minimum atomic E-state index is -1.33. The first-order valence-corrected chi connectivity index (χ1v) is 6.98. The number of carbonyl (C=O) groups excluding carboxylic acids is 1.